The molecule has 0 bridgehead atoms. The van der Waals surface area contributed by atoms with E-state index < -0.39 is 0 Å². The average molecular weight is 532 g/mol. The van der Waals surface area contributed by atoms with Crippen LogP contribution in [0, 0.1) is 12.7 Å². The van der Waals surface area contributed by atoms with Crippen LogP contribution in [0.3, 0.4) is 0 Å². The quantitative estimate of drug-likeness (QED) is 0.307. The number of aromatic nitrogens is 4. The number of urea groups is 1. The fraction of sp³-hybridized carbons (Fsp3) is 0.259. The standard InChI is InChI=1S/C27H26FN7O2S/c1-17-16-35-24(23(33-27(35)38-17)18-4-6-19(28)7-5-18)22-8-11-29-25(32-22)31-20-9-12-34(13-10-20)26(36)30-15-21-3-2-14-37-21/h2-8,11,14,16,20H,9-10,12-13,15H2,1H3,(H,30,36)(H,29,31,32). The average Bonchev–Trinajstić information content (AvgIpc) is 3.65. The smallest absolute Gasteiger partial charge is 0.317 e. The van der Waals surface area contributed by atoms with E-state index in [1.54, 1.807) is 42.0 Å². The summed E-state index contributed by atoms with van der Waals surface area (Å²) in [4.78, 5) is 30.4. The maximum atomic E-state index is 13.6. The van der Waals surface area contributed by atoms with Crippen LogP contribution < -0.4 is 10.6 Å². The molecule has 0 spiro atoms. The van der Waals surface area contributed by atoms with Gasteiger partial charge in [0.05, 0.1) is 24.2 Å². The zero-order valence-electron chi connectivity index (χ0n) is 20.7. The molecule has 1 aliphatic rings. The van der Waals surface area contributed by atoms with E-state index in [-0.39, 0.29) is 17.9 Å². The SMILES string of the molecule is Cc1cn2c(-c3ccnc(NC4CCN(C(=O)NCc5ccco5)CC4)n3)c(-c3ccc(F)cc3)nc2s1. The number of nitrogens with one attached hydrogen (secondary N) is 2. The maximum Gasteiger partial charge on any atom is 0.317 e. The van der Waals surface area contributed by atoms with Crippen molar-refractivity contribution in [1.29, 1.82) is 0 Å². The van der Waals surface area contributed by atoms with Crippen molar-refractivity contribution in [1.82, 2.24) is 29.6 Å². The number of furan rings is 1. The number of nitrogens with zero attached hydrogens (tertiary/aromatic N) is 5. The third-order valence-electron chi connectivity index (χ3n) is 6.57. The van der Waals surface area contributed by atoms with Crippen LogP contribution in [-0.4, -0.2) is 49.4 Å². The van der Waals surface area contributed by atoms with Crippen LogP contribution in [0.4, 0.5) is 15.1 Å². The summed E-state index contributed by atoms with van der Waals surface area (Å²) in [6, 6.07) is 11.9. The van der Waals surface area contributed by atoms with Crippen molar-refractivity contribution in [2.24, 2.45) is 0 Å². The van der Waals surface area contributed by atoms with Crippen molar-refractivity contribution in [2.45, 2.75) is 32.4 Å². The van der Waals surface area contributed by atoms with Crippen LogP contribution in [0.5, 0.6) is 0 Å². The summed E-state index contributed by atoms with van der Waals surface area (Å²) in [6.45, 7) is 3.67. The Morgan fingerprint density at radius 3 is 2.74 bits per heavy atom. The van der Waals surface area contributed by atoms with Gasteiger partial charge in [0.1, 0.15) is 17.3 Å². The van der Waals surface area contributed by atoms with Crippen molar-refractivity contribution >= 4 is 28.3 Å². The van der Waals surface area contributed by atoms with Gasteiger partial charge in [0.2, 0.25) is 5.95 Å². The predicted molar refractivity (Wildman–Crippen MR) is 143 cm³/mol. The van der Waals surface area contributed by atoms with Crippen molar-refractivity contribution in [2.75, 3.05) is 18.4 Å². The van der Waals surface area contributed by atoms with E-state index in [2.05, 4.69) is 15.6 Å². The number of rotatable bonds is 6. The van der Waals surface area contributed by atoms with Crippen LogP contribution >= 0.6 is 11.3 Å². The van der Waals surface area contributed by atoms with Crippen molar-refractivity contribution in [3.8, 4) is 22.6 Å². The van der Waals surface area contributed by atoms with Gasteiger partial charge >= 0.3 is 6.03 Å². The number of halogens is 1. The van der Waals surface area contributed by atoms with E-state index in [1.165, 1.54) is 12.1 Å². The highest BCUT2D eigenvalue weighted by Gasteiger charge is 2.24. The molecule has 9 nitrogen and oxygen atoms in total. The molecule has 11 heteroatoms. The van der Waals surface area contributed by atoms with E-state index in [0.717, 1.165) is 51.1 Å². The van der Waals surface area contributed by atoms with Crippen LogP contribution in [-0.2, 0) is 6.54 Å². The predicted octanol–water partition coefficient (Wildman–Crippen LogP) is 5.35. The minimum Gasteiger partial charge on any atom is -0.467 e. The molecule has 5 aromatic rings. The Hall–Kier alpha value is -4.25. The van der Waals surface area contributed by atoms with Crippen molar-refractivity contribution < 1.29 is 13.6 Å². The van der Waals surface area contributed by atoms with Crippen LogP contribution in [0.25, 0.3) is 27.6 Å². The van der Waals surface area contributed by atoms with Gasteiger partial charge in [0, 0.05) is 42.0 Å². The lowest BCUT2D eigenvalue weighted by atomic mass is 10.1. The zero-order valence-corrected chi connectivity index (χ0v) is 21.5. The van der Waals surface area contributed by atoms with E-state index in [9.17, 15) is 9.18 Å². The highest BCUT2D eigenvalue weighted by atomic mass is 32.1. The molecule has 0 aliphatic carbocycles. The molecule has 0 saturated carbocycles. The Morgan fingerprint density at radius 1 is 1.16 bits per heavy atom. The van der Waals surface area contributed by atoms with Gasteiger partial charge in [-0.1, -0.05) is 0 Å². The van der Waals surface area contributed by atoms with Gasteiger partial charge in [0.15, 0.2) is 4.96 Å². The second-order valence-corrected chi connectivity index (χ2v) is 10.4. The fourth-order valence-electron chi connectivity index (χ4n) is 4.67. The molecule has 0 radical (unpaired) electrons. The van der Waals surface area contributed by atoms with Gasteiger partial charge in [-0.15, -0.1) is 11.3 Å². The molecule has 0 unspecified atom stereocenters. The van der Waals surface area contributed by atoms with Crippen LogP contribution in [0.15, 0.2) is 65.5 Å². The van der Waals surface area contributed by atoms with Gasteiger partial charge in [0.25, 0.3) is 0 Å². The first-order valence-corrected chi connectivity index (χ1v) is 13.2. The molecule has 1 aromatic carbocycles. The Labute approximate surface area is 222 Å². The lowest BCUT2D eigenvalue weighted by molar-refractivity contribution is 0.182. The summed E-state index contributed by atoms with van der Waals surface area (Å²) in [5.41, 5.74) is 3.13. The van der Waals surface area contributed by atoms with Gasteiger partial charge < -0.3 is 20.0 Å². The van der Waals surface area contributed by atoms with Crippen molar-refractivity contribution in [3.63, 3.8) is 0 Å². The summed E-state index contributed by atoms with van der Waals surface area (Å²) >= 11 is 1.59. The number of likely N-dealkylation sites (tertiary alicyclic amines) is 1. The molecule has 38 heavy (non-hydrogen) atoms. The number of carbonyl (C=O) groups is 1. The van der Waals surface area contributed by atoms with E-state index >= 15 is 0 Å². The molecule has 194 valence electrons. The monoisotopic (exact) mass is 531 g/mol. The summed E-state index contributed by atoms with van der Waals surface area (Å²) in [7, 11) is 0. The molecule has 4 aromatic heterocycles. The maximum absolute atomic E-state index is 13.6. The number of aryl methyl sites for hydroxylation is 1. The third-order valence-corrected chi connectivity index (χ3v) is 7.47. The highest BCUT2D eigenvalue weighted by Crippen LogP contribution is 2.34. The second-order valence-electron chi connectivity index (χ2n) is 9.22. The number of benzene rings is 1. The normalized spacial score (nSPS) is 14.2. The lowest BCUT2D eigenvalue weighted by Gasteiger charge is -2.32. The topological polar surface area (TPSA) is 101 Å². The third kappa shape index (κ3) is 4.97. The summed E-state index contributed by atoms with van der Waals surface area (Å²) in [5, 5.41) is 6.35. The molecule has 1 aliphatic heterocycles. The summed E-state index contributed by atoms with van der Waals surface area (Å²) < 4.78 is 20.9. The van der Waals surface area contributed by atoms with Crippen LogP contribution in [0.2, 0.25) is 0 Å². The number of fused-ring (bicyclic) bond motifs is 1. The van der Waals surface area contributed by atoms with Gasteiger partial charge in [-0.2, -0.15) is 0 Å². The van der Waals surface area contributed by atoms with Gasteiger partial charge in [-0.05, 0) is 62.2 Å². The Bertz CT molecular complexity index is 1550. The molecular weight excluding hydrogens is 505 g/mol. The number of hydrogen-bond donors (Lipinski definition) is 2. The minimum absolute atomic E-state index is 0.0952. The lowest BCUT2D eigenvalue weighted by Crippen LogP contribution is -2.46. The number of thiazole rings is 1. The number of carbonyl (C=O) groups excluding carboxylic acids is 1. The van der Waals surface area contributed by atoms with Crippen molar-refractivity contribution in [3.05, 3.63) is 77.6 Å². The number of anilines is 1. The summed E-state index contributed by atoms with van der Waals surface area (Å²) in [6.07, 6.45) is 6.93. The number of piperidine rings is 1. The minimum atomic E-state index is -0.290. The first kappa shape index (κ1) is 24.1. The Balaban J connectivity index is 1.17. The number of amides is 2. The molecule has 6 rings (SSSR count). The van der Waals surface area contributed by atoms with Gasteiger partial charge in [-0.3, -0.25) is 4.40 Å². The largest absolute Gasteiger partial charge is 0.467 e. The highest BCUT2D eigenvalue weighted by molar-refractivity contribution is 7.17. The van der Waals surface area contributed by atoms with E-state index in [0.29, 0.717) is 25.6 Å². The molecule has 1 saturated heterocycles. The Morgan fingerprint density at radius 2 is 1.97 bits per heavy atom. The number of imidazole rings is 1. The second kappa shape index (κ2) is 10.3. The molecule has 2 N–H and O–H groups in total. The molecule has 2 amide bonds. The molecule has 1 fully saturated rings. The summed E-state index contributed by atoms with van der Waals surface area (Å²) in [5.74, 6) is 0.958. The Kier molecular flexibility index (Phi) is 6.50. The fourth-order valence-corrected chi connectivity index (χ4v) is 5.49. The number of hydrogen-bond acceptors (Lipinski definition) is 7. The molecular formula is C27H26FN7O2S. The first-order chi connectivity index (χ1) is 18.5. The molecule has 5 heterocycles. The van der Waals surface area contributed by atoms with E-state index in [1.807, 2.05) is 34.6 Å². The van der Waals surface area contributed by atoms with Gasteiger partial charge in [-0.25, -0.2) is 24.1 Å². The first-order valence-electron chi connectivity index (χ1n) is 12.4. The zero-order chi connectivity index (χ0) is 26.1. The molecule has 0 atom stereocenters. The van der Waals surface area contributed by atoms with E-state index in [4.69, 9.17) is 14.4 Å². The van der Waals surface area contributed by atoms with Crippen LogP contribution in [0.1, 0.15) is 23.5 Å².